The Hall–Kier alpha value is -2.60. The largest absolute Gasteiger partial charge is 0.339 e. The van der Waals surface area contributed by atoms with Gasteiger partial charge in [-0.15, -0.1) is 0 Å². The van der Waals surface area contributed by atoms with Crippen molar-refractivity contribution in [3.8, 4) is 0 Å². The molecule has 1 atom stereocenters. The molecule has 162 valence electrons. The van der Waals surface area contributed by atoms with Crippen molar-refractivity contribution in [2.45, 2.75) is 19.8 Å². The van der Waals surface area contributed by atoms with Gasteiger partial charge < -0.3 is 14.7 Å². The monoisotopic (exact) mass is 441 g/mol. The number of nitrogens with one attached hydrogen (secondary N) is 1. The molecular formula is C18H21F2N5O4S. The summed E-state index contributed by atoms with van der Waals surface area (Å²) in [6.07, 6.45) is 0. The summed E-state index contributed by atoms with van der Waals surface area (Å²) in [5, 5.41) is 6.16. The molecule has 3 heterocycles. The highest BCUT2D eigenvalue weighted by atomic mass is 32.2. The third-order valence-electron chi connectivity index (χ3n) is 5.68. The molecule has 2 aliphatic rings. The normalized spacial score (nSPS) is 21.1. The van der Waals surface area contributed by atoms with Gasteiger partial charge in [-0.25, -0.2) is 26.3 Å². The lowest BCUT2D eigenvalue weighted by Crippen LogP contribution is -2.62. The number of hydrogen-bond donors (Lipinski definition) is 1. The first-order chi connectivity index (χ1) is 14.1. The Morgan fingerprint density at radius 3 is 2.70 bits per heavy atom. The van der Waals surface area contributed by atoms with Gasteiger partial charge in [0.15, 0.2) is 5.82 Å². The van der Waals surface area contributed by atoms with Gasteiger partial charge in [0.2, 0.25) is 15.9 Å². The SMILES string of the molecule is CCS(=O)(=O)N1CC(c2nc(C)no2)C2(CN(C(=O)Nc3cc(F)ccc3F)C2)C1. The lowest BCUT2D eigenvalue weighted by molar-refractivity contribution is 0.0292. The number of rotatable bonds is 4. The summed E-state index contributed by atoms with van der Waals surface area (Å²) in [6, 6.07) is 2.20. The van der Waals surface area contributed by atoms with Crippen molar-refractivity contribution in [1.29, 1.82) is 0 Å². The third kappa shape index (κ3) is 3.54. The Morgan fingerprint density at radius 1 is 1.33 bits per heavy atom. The van der Waals surface area contributed by atoms with E-state index in [1.165, 1.54) is 9.21 Å². The molecule has 0 radical (unpaired) electrons. The van der Waals surface area contributed by atoms with Crippen molar-refractivity contribution in [3.63, 3.8) is 0 Å². The Labute approximate surface area is 172 Å². The number of aryl methyl sites for hydroxylation is 1. The van der Waals surface area contributed by atoms with Crippen molar-refractivity contribution in [3.05, 3.63) is 41.5 Å². The second-order valence-corrected chi connectivity index (χ2v) is 9.96. The molecule has 1 N–H and O–H groups in total. The van der Waals surface area contributed by atoms with E-state index in [2.05, 4.69) is 15.5 Å². The van der Waals surface area contributed by atoms with Crippen LogP contribution >= 0.6 is 0 Å². The fraction of sp³-hybridized carbons (Fsp3) is 0.500. The first kappa shape index (κ1) is 20.7. The predicted molar refractivity (Wildman–Crippen MR) is 102 cm³/mol. The molecule has 0 bridgehead atoms. The zero-order chi connectivity index (χ0) is 21.7. The molecule has 12 heteroatoms. The summed E-state index contributed by atoms with van der Waals surface area (Å²) in [4.78, 5) is 18.2. The lowest BCUT2D eigenvalue weighted by Gasteiger charge is -2.49. The van der Waals surface area contributed by atoms with Gasteiger partial charge in [0.25, 0.3) is 0 Å². The second kappa shape index (κ2) is 7.27. The average molecular weight is 441 g/mol. The minimum atomic E-state index is -3.44. The van der Waals surface area contributed by atoms with Crippen LogP contribution in [0, 0.1) is 24.0 Å². The van der Waals surface area contributed by atoms with E-state index >= 15 is 0 Å². The number of likely N-dealkylation sites (tertiary alicyclic amines) is 1. The second-order valence-electron chi connectivity index (χ2n) is 7.70. The van der Waals surface area contributed by atoms with Crippen LogP contribution in [0.4, 0.5) is 19.3 Å². The van der Waals surface area contributed by atoms with Crippen LogP contribution in [0.5, 0.6) is 0 Å². The minimum Gasteiger partial charge on any atom is -0.339 e. The van der Waals surface area contributed by atoms with Crippen LogP contribution in [0.3, 0.4) is 0 Å². The van der Waals surface area contributed by atoms with Crippen LogP contribution in [0.2, 0.25) is 0 Å². The van der Waals surface area contributed by atoms with E-state index in [1.807, 2.05) is 0 Å². The van der Waals surface area contributed by atoms with Crippen LogP contribution in [0.25, 0.3) is 0 Å². The maximum Gasteiger partial charge on any atom is 0.321 e. The number of aromatic nitrogens is 2. The highest BCUT2D eigenvalue weighted by Gasteiger charge is 2.59. The first-order valence-electron chi connectivity index (χ1n) is 9.42. The average Bonchev–Trinajstić information content (AvgIpc) is 3.27. The number of amides is 2. The van der Waals surface area contributed by atoms with Crippen molar-refractivity contribution >= 4 is 21.7 Å². The van der Waals surface area contributed by atoms with Crippen molar-refractivity contribution in [2.75, 3.05) is 37.2 Å². The van der Waals surface area contributed by atoms with E-state index in [0.29, 0.717) is 11.7 Å². The van der Waals surface area contributed by atoms with E-state index in [9.17, 15) is 22.0 Å². The molecule has 2 aliphatic heterocycles. The summed E-state index contributed by atoms with van der Waals surface area (Å²) in [5.74, 6) is -1.06. The number of nitrogens with zero attached hydrogens (tertiary/aromatic N) is 4. The van der Waals surface area contributed by atoms with Gasteiger partial charge in [0.05, 0.1) is 17.4 Å². The molecule has 1 aromatic heterocycles. The smallest absolute Gasteiger partial charge is 0.321 e. The molecule has 30 heavy (non-hydrogen) atoms. The van der Waals surface area contributed by atoms with Crippen molar-refractivity contribution in [2.24, 2.45) is 5.41 Å². The van der Waals surface area contributed by atoms with Gasteiger partial charge in [-0.1, -0.05) is 5.16 Å². The number of halogens is 2. The number of anilines is 1. The number of carbonyl (C=O) groups is 1. The Kier molecular flexibility index (Phi) is 5.01. The van der Waals surface area contributed by atoms with Crippen LogP contribution in [0.1, 0.15) is 24.6 Å². The quantitative estimate of drug-likeness (QED) is 0.777. The molecule has 4 rings (SSSR count). The van der Waals surface area contributed by atoms with Gasteiger partial charge in [-0.2, -0.15) is 4.98 Å². The van der Waals surface area contributed by atoms with Crippen LogP contribution in [-0.2, 0) is 10.0 Å². The standard InChI is InChI=1S/C18H21F2N5O4S/c1-3-30(27,28)25-7-13(16-21-11(2)23-29-16)18(10-25)8-24(9-18)17(26)22-15-6-12(19)4-5-14(15)20/h4-6,13H,3,7-10H2,1-2H3,(H,22,26). The Morgan fingerprint density at radius 2 is 2.07 bits per heavy atom. The van der Waals surface area contributed by atoms with Gasteiger partial charge in [0.1, 0.15) is 11.6 Å². The van der Waals surface area contributed by atoms with Gasteiger partial charge >= 0.3 is 6.03 Å². The van der Waals surface area contributed by atoms with Gasteiger partial charge in [0, 0.05) is 37.7 Å². The van der Waals surface area contributed by atoms with E-state index in [4.69, 9.17) is 4.52 Å². The third-order valence-corrected chi connectivity index (χ3v) is 7.48. The van der Waals surface area contributed by atoms with Crippen LogP contribution < -0.4 is 5.32 Å². The molecule has 0 aliphatic carbocycles. The molecule has 2 amide bonds. The molecule has 0 saturated carbocycles. The Balaban J connectivity index is 1.53. The van der Waals surface area contributed by atoms with Crippen LogP contribution in [-0.4, -0.2) is 65.7 Å². The summed E-state index contributed by atoms with van der Waals surface area (Å²) in [5.41, 5.74) is -0.842. The fourth-order valence-corrected chi connectivity index (χ4v) is 5.27. The summed E-state index contributed by atoms with van der Waals surface area (Å²) in [7, 11) is -3.44. The maximum absolute atomic E-state index is 13.8. The number of carbonyl (C=O) groups excluding carboxylic acids is 1. The maximum atomic E-state index is 13.8. The van der Waals surface area contributed by atoms with Crippen molar-refractivity contribution in [1.82, 2.24) is 19.3 Å². The van der Waals surface area contributed by atoms with Gasteiger partial charge in [-0.3, -0.25) is 0 Å². The van der Waals surface area contributed by atoms with Crippen molar-refractivity contribution < 1.29 is 26.5 Å². The van der Waals surface area contributed by atoms with Gasteiger partial charge in [-0.05, 0) is 26.0 Å². The number of hydrogen-bond acceptors (Lipinski definition) is 6. The Bertz CT molecular complexity index is 1080. The summed E-state index contributed by atoms with van der Waals surface area (Å²) in [6.45, 7) is 4.08. The number of benzene rings is 1. The molecule has 2 fully saturated rings. The molecule has 9 nitrogen and oxygen atoms in total. The predicted octanol–water partition coefficient (Wildman–Crippen LogP) is 1.94. The lowest BCUT2D eigenvalue weighted by atomic mass is 9.71. The van der Waals surface area contributed by atoms with Crippen LogP contribution in [0.15, 0.2) is 22.7 Å². The molecule has 1 spiro atoms. The zero-order valence-electron chi connectivity index (χ0n) is 16.4. The zero-order valence-corrected chi connectivity index (χ0v) is 17.2. The first-order valence-corrected chi connectivity index (χ1v) is 11.0. The van der Waals surface area contributed by atoms with E-state index < -0.39 is 33.1 Å². The molecule has 2 saturated heterocycles. The molecule has 2 aromatic rings. The summed E-state index contributed by atoms with van der Waals surface area (Å²) >= 11 is 0. The van der Waals surface area contributed by atoms with E-state index in [1.54, 1.807) is 13.8 Å². The van der Waals surface area contributed by atoms with E-state index in [-0.39, 0.29) is 43.5 Å². The molecular weight excluding hydrogens is 420 g/mol. The summed E-state index contributed by atoms with van der Waals surface area (Å²) < 4.78 is 58.7. The fourth-order valence-electron chi connectivity index (χ4n) is 4.08. The number of sulfonamides is 1. The highest BCUT2D eigenvalue weighted by molar-refractivity contribution is 7.89. The highest BCUT2D eigenvalue weighted by Crippen LogP contribution is 2.49. The molecule has 1 aromatic carbocycles. The minimum absolute atomic E-state index is 0.0400. The topological polar surface area (TPSA) is 109 Å². The number of urea groups is 1. The van der Waals surface area contributed by atoms with E-state index in [0.717, 1.165) is 18.2 Å². The molecule has 1 unspecified atom stereocenters.